The Balaban J connectivity index is 1.60. The van der Waals surface area contributed by atoms with Gasteiger partial charge in [0.05, 0.1) is 10.5 Å². The Hall–Kier alpha value is -3.14. The quantitative estimate of drug-likeness (QED) is 0.619. The van der Waals surface area contributed by atoms with E-state index in [1.54, 1.807) is 11.0 Å². The summed E-state index contributed by atoms with van der Waals surface area (Å²) in [4.78, 5) is 26.1. The minimum Gasteiger partial charge on any atom is -0.502 e. The average Bonchev–Trinajstić information content (AvgIpc) is 2.67. The predicted molar refractivity (Wildman–Crippen MR) is 97.4 cm³/mol. The van der Waals surface area contributed by atoms with Crippen molar-refractivity contribution < 1.29 is 28.0 Å². The lowest BCUT2D eigenvalue weighted by Gasteiger charge is -2.34. The number of nitrogens with zero attached hydrogens (tertiary/aromatic N) is 3. The van der Waals surface area contributed by atoms with Gasteiger partial charge in [-0.25, -0.2) is 0 Å². The van der Waals surface area contributed by atoms with Crippen LogP contribution in [-0.4, -0.2) is 51.9 Å². The van der Waals surface area contributed by atoms with E-state index in [1.807, 2.05) is 4.90 Å². The Morgan fingerprint density at radius 1 is 1.10 bits per heavy atom. The zero-order valence-corrected chi connectivity index (χ0v) is 15.2. The molecule has 1 N–H and O–H groups in total. The Labute approximate surface area is 164 Å². The molecule has 29 heavy (non-hydrogen) atoms. The number of carbonyl (C=O) groups excluding carboxylic acids is 1. The van der Waals surface area contributed by atoms with Gasteiger partial charge in [0, 0.05) is 44.4 Å². The van der Waals surface area contributed by atoms with Crippen molar-refractivity contribution in [1.29, 1.82) is 0 Å². The first kappa shape index (κ1) is 20.6. The van der Waals surface area contributed by atoms with Crippen LogP contribution in [0.5, 0.6) is 5.75 Å². The molecule has 2 aromatic carbocycles. The summed E-state index contributed by atoms with van der Waals surface area (Å²) >= 11 is 0. The summed E-state index contributed by atoms with van der Waals surface area (Å²) in [6, 6.07) is 8.58. The Kier molecular flexibility index (Phi) is 5.73. The summed E-state index contributed by atoms with van der Waals surface area (Å²) in [6.07, 6.45) is -4.39. The van der Waals surface area contributed by atoms with Crippen LogP contribution in [0.3, 0.4) is 0 Å². The van der Waals surface area contributed by atoms with E-state index in [9.17, 15) is 33.2 Å². The van der Waals surface area contributed by atoms with Gasteiger partial charge in [-0.3, -0.25) is 19.8 Å². The molecule has 1 aliphatic rings. The minimum absolute atomic E-state index is 0.138. The molecule has 154 valence electrons. The highest BCUT2D eigenvalue weighted by Gasteiger charge is 2.30. The van der Waals surface area contributed by atoms with Crippen LogP contribution in [0.4, 0.5) is 18.9 Å². The summed E-state index contributed by atoms with van der Waals surface area (Å²) in [5, 5.41) is 20.4. The van der Waals surface area contributed by atoms with Crippen molar-refractivity contribution in [3.63, 3.8) is 0 Å². The van der Waals surface area contributed by atoms with E-state index in [0.717, 1.165) is 24.3 Å². The van der Waals surface area contributed by atoms with Crippen molar-refractivity contribution in [1.82, 2.24) is 9.80 Å². The number of amides is 1. The highest BCUT2D eigenvalue weighted by Crippen LogP contribution is 2.30. The third-order valence-corrected chi connectivity index (χ3v) is 4.74. The molecule has 7 nitrogen and oxygen atoms in total. The van der Waals surface area contributed by atoms with Gasteiger partial charge >= 0.3 is 11.9 Å². The number of alkyl halides is 3. The lowest BCUT2D eigenvalue weighted by atomic mass is 10.1. The molecule has 1 aliphatic heterocycles. The number of halogens is 3. The Bertz CT molecular complexity index is 925. The number of phenolic OH excluding ortho intramolecular Hbond substituents is 1. The molecule has 0 aromatic heterocycles. The molecule has 0 atom stereocenters. The first-order valence-corrected chi connectivity index (χ1v) is 8.80. The van der Waals surface area contributed by atoms with Crippen LogP contribution in [0.15, 0.2) is 42.5 Å². The van der Waals surface area contributed by atoms with Crippen molar-refractivity contribution in [3.05, 3.63) is 69.3 Å². The van der Waals surface area contributed by atoms with Gasteiger partial charge in [0.2, 0.25) is 0 Å². The first-order valence-electron chi connectivity index (χ1n) is 8.80. The minimum atomic E-state index is -4.39. The number of hydrogen-bond acceptors (Lipinski definition) is 5. The predicted octanol–water partition coefficient (Wildman–Crippen LogP) is 3.28. The average molecular weight is 409 g/mol. The maximum Gasteiger partial charge on any atom is 0.416 e. The van der Waals surface area contributed by atoms with Crippen LogP contribution >= 0.6 is 0 Å². The van der Waals surface area contributed by atoms with Gasteiger partial charge in [-0.05, 0) is 23.8 Å². The van der Waals surface area contributed by atoms with Gasteiger partial charge in [0.25, 0.3) is 5.91 Å². The topological polar surface area (TPSA) is 86.9 Å². The van der Waals surface area contributed by atoms with Gasteiger partial charge in [0.1, 0.15) is 0 Å². The molecule has 1 saturated heterocycles. The van der Waals surface area contributed by atoms with Crippen LogP contribution in [0, 0.1) is 10.1 Å². The number of phenols is 1. The van der Waals surface area contributed by atoms with Crippen molar-refractivity contribution in [2.75, 3.05) is 26.2 Å². The van der Waals surface area contributed by atoms with Gasteiger partial charge in [0.15, 0.2) is 5.75 Å². The number of nitro groups is 1. The molecular weight excluding hydrogens is 391 g/mol. The molecule has 0 aliphatic carbocycles. The lowest BCUT2D eigenvalue weighted by Crippen LogP contribution is -2.48. The van der Waals surface area contributed by atoms with Crippen LogP contribution in [-0.2, 0) is 12.7 Å². The normalized spacial score (nSPS) is 15.3. The van der Waals surface area contributed by atoms with Gasteiger partial charge in [-0.15, -0.1) is 0 Å². The second-order valence-corrected chi connectivity index (χ2v) is 6.73. The van der Waals surface area contributed by atoms with Gasteiger partial charge in [-0.1, -0.05) is 18.2 Å². The molecule has 0 saturated carbocycles. The smallest absolute Gasteiger partial charge is 0.416 e. The van der Waals surface area contributed by atoms with E-state index in [0.29, 0.717) is 38.3 Å². The van der Waals surface area contributed by atoms with Crippen LogP contribution < -0.4 is 0 Å². The number of benzene rings is 2. The number of rotatable bonds is 4. The van der Waals surface area contributed by atoms with Crippen molar-refractivity contribution in [3.8, 4) is 5.75 Å². The van der Waals surface area contributed by atoms with Crippen LogP contribution in [0.2, 0.25) is 0 Å². The highest BCUT2D eigenvalue weighted by molar-refractivity contribution is 5.95. The molecule has 2 aromatic rings. The second-order valence-electron chi connectivity index (χ2n) is 6.73. The van der Waals surface area contributed by atoms with Crippen LogP contribution in [0.25, 0.3) is 0 Å². The molecule has 1 heterocycles. The zero-order chi connectivity index (χ0) is 21.2. The maximum absolute atomic E-state index is 12.8. The van der Waals surface area contributed by atoms with E-state index >= 15 is 0 Å². The molecule has 0 radical (unpaired) electrons. The number of piperazine rings is 1. The van der Waals surface area contributed by atoms with E-state index < -0.39 is 28.1 Å². The number of carbonyl (C=O) groups is 1. The van der Waals surface area contributed by atoms with E-state index in [2.05, 4.69) is 0 Å². The monoisotopic (exact) mass is 409 g/mol. The SMILES string of the molecule is O=C(c1ccc([N+](=O)[O-])c(O)c1)N1CCN(Cc2cccc(C(F)(F)F)c2)CC1. The fourth-order valence-electron chi connectivity index (χ4n) is 3.21. The van der Waals surface area contributed by atoms with E-state index in [4.69, 9.17) is 0 Å². The summed E-state index contributed by atoms with van der Waals surface area (Å²) in [6.45, 7) is 2.00. The number of hydrogen-bond donors (Lipinski definition) is 1. The lowest BCUT2D eigenvalue weighted by molar-refractivity contribution is -0.385. The van der Waals surface area contributed by atoms with E-state index in [1.165, 1.54) is 12.1 Å². The van der Waals surface area contributed by atoms with Crippen LogP contribution in [0.1, 0.15) is 21.5 Å². The summed E-state index contributed by atoms with van der Waals surface area (Å²) < 4.78 is 38.5. The highest BCUT2D eigenvalue weighted by atomic mass is 19.4. The molecule has 3 rings (SSSR count). The summed E-state index contributed by atoms with van der Waals surface area (Å²) in [7, 11) is 0. The molecule has 0 unspecified atom stereocenters. The summed E-state index contributed by atoms with van der Waals surface area (Å²) in [5.74, 6) is -0.946. The van der Waals surface area contributed by atoms with Crippen molar-refractivity contribution in [2.45, 2.75) is 12.7 Å². The van der Waals surface area contributed by atoms with Crippen molar-refractivity contribution in [2.24, 2.45) is 0 Å². The molecule has 0 spiro atoms. The second kappa shape index (κ2) is 8.08. The fourth-order valence-corrected chi connectivity index (χ4v) is 3.21. The third kappa shape index (κ3) is 4.83. The molecule has 10 heteroatoms. The number of aromatic hydroxyl groups is 1. The van der Waals surface area contributed by atoms with Gasteiger partial charge in [-0.2, -0.15) is 13.2 Å². The summed E-state index contributed by atoms with van der Waals surface area (Å²) in [5.41, 5.74) is -0.492. The first-order chi connectivity index (χ1) is 13.6. The molecular formula is C19H18F3N3O4. The zero-order valence-electron chi connectivity index (χ0n) is 15.2. The molecule has 1 amide bonds. The standard InChI is InChI=1S/C19H18F3N3O4/c20-19(21,22)15-3-1-2-13(10-15)12-23-6-8-24(9-7-23)18(27)14-4-5-16(25(28)29)17(26)11-14/h1-5,10-11,26H,6-9,12H2. The third-order valence-electron chi connectivity index (χ3n) is 4.74. The Morgan fingerprint density at radius 2 is 1.79 bits per heavy atom. The maximum atomic E-state index is 12.8. The van der Waals surface area contributed by atoms with Gasteiger partial charge < -0.3 is 10.0 Å². The largest absolute Gasteiger partial charge is 0.502 e. The molecule has 0 bridgehead atoms. The van der Waals surface area contributed by atoms with E-state index in [-0.39, 0.29) is 11.5 Å². The van der Waals surface area contributed by atoms with Crippen molar-refractivity contribution >= 4 is 11.6 Å². The fraction of sp³-hybridized carbons (Fsp3) is 0.316. The number of nitro benzene ring substituents is 1. The Morgan fingerprint density at radius 3 is 2.38 bits per heavy atom. The molecule has 1 fully saturated rings.